The van der Waals surface area contributed by atoms with Crippen molar-refractivity contribution in [2.45, 2.75) is 6.42 Å². The Labute approximate surface area is 62.7 Å². The lowest BCUT2D eigenvalue weighted by molar-refractivity contribution is 0.552. The molecule has 0 radical (unpaired) electrons. The summed E-state index contributed by atoms with van der Waals surface area (Å²) in [4.78, 5) is 3.91. The molecule has 2 heterocycles. The molecule has 54 valence electrons. The number of hydrogen-bond donors (Lipinski definition) is 0. The van der Waals surface area contributed by atoms with E-state index < -0.39 is 0 Å². The van der Waals surface area contributed by atoms with Crippen molar-refractivity contribution in [1.82, 2.24) is 9.38 Å². The zero-order chi connectivity index (χ0) is 7.68. The van der Waals surface area contributed by atoms with Gasteiger partial charge in [-0.15, -0.1) is 0 Å². The van der Waals surface area contributed by atoms with Gasteiger partial charge < -0.3 is 4.42 Å². The van der Waals surface area contributed by atoms with E-state index in [1.54, 1.807) is 23.0 Å². The molecule has 0 unspecified atom stereocenters. The fraction of sp³-hybridized carbons (Fsp3) is 0.143. The van der Waals surface area contributed by atoms with Crippen LogP contribution >= 0.6 is 0 Å². The van der Waals surface area contributed by atoms with Crippen molar-refractivity contribution in [1.29, 1.82) is 5.26 Å². The largest absolute Gasteiger partial charge is 0.427 e. The number of imidazole rings is 1. The van der Waals surface area contributed by atoms with Crippen LogP contribution in [0.4, 0.5) is 0 Å². The van der Waals surface area contributed by atoms with Gasteiger partial charge in [-0.25, -0.2) is 4.98 Å². The Morgan fingerprint density at radius 1 is 1.73 bits per heavy atom. The van der Waals surface area contributed by atoms with E-state index in [1.807, 2.05) is 6.07 Å². The van der Waals surface area contributed by atoms with Gasteiger partial charge in [-0.2, -0.15) is 5.26 Å². The zero-order valence-corrected chi connectivity index (χ0v) is 5.69. The molecule has 0 bridgehead atoms. The molecule has 0 saturated carbocycles. The van der Waals surface area contributed by atoms with Gasteiger partial charge in [-0.1, -0.05) is 0 Å². The van der Waals surface area contributed by atoms with Gasteiger partial charge in [-0.3, -0.25) is 4.40 Å². The van der Waals surface area contributed by atoms with Crippen molar-refractivity contribution >= 4 is 5.84 Å². The molecule has 0 aliphatic rings. The predicted molar refractivity (Wildman–Crippen MR) is 36.8 cm³/mol. The van der Waals surface area contributed by atoms with Gasteiger partial charge in [0.1, 0.15) is 5.76 Å². The molecule has 2 aromatic rings. The Morgan fingerprint density at radius 2 is 2.64 bits per heavy atom. The van der Waals surface area contributed by atoms with E-state index in [-0.39, 0.29) is 0 Å². The van der Waals surface area contributed by atoms with Crippen LogP contribution in [0.2, 0.25) is 0 Å². The van der Waals surface area contributed by atoms with Crippen LogP contribution in [0.25, 0.3) is 5.84 Å². The van der Waals surface area contributed by atoms with E-state index in [0.29, 0.717) is 18.0 Å². The molecule has 0 N–H and O–H groups in total. The maximum atomic E-state index is 8.34. The van der Waals surface area contributed by atoms with Crippen molar-refractivity contribution in [2.24, 2.45) is 0 Å². The summed E-state index contributed by atoms with van der Waals surface area (Å²) in [6, 6.07) is 2.00. The van der Waals surface area contributed by atoms with Gasteiger partial charge in [0.2, 0.25) is 0 Å². The first kappa shape index (κ1) is 5.98. The van der Waals surface area contributed by atoms with Crippen LogP contribution < -0.4 is 0 Å². The van der Waals surface area contributed by atoms with E-state index in [0.717, 1.165) is 0 Å². The lowest BCUT2D eigenvalue weighted by atomic mass is 10.4. The molecular formula is C7H5N3O. The molecule has 0 fully saturated rings. The van der Waals surface area contributed by atoms with Crippen molar-refractivity contribution in [3.8, 4) is 6.07 Å². The zero-order valence-electron chi connectivity index (χ0n) is 5.69. The first-order valence-corrected chi connectivity index (χ1v) is 3.18. The standard InChI is InChI=1S/C7H5N3O/c8-2-1-6-5-10-4-3-9-7(10)11-6/h3-5H,1H2. The molecule has 2 rings (SSSR count). The molecule has 4 nitrogen and oxygen atoms in total. The summed E-state index contributed by atoms with van der Waals surface area (Å²) in [6.07, 6.45) is 5.48. The second kappa shape index (κ2) is 2.13. The highest BCUT2D eigenvalue weighted by atomic mass is 16.4. The summed E-state index contributed by atoms with van der Waals surface area (Å²) < 4.78 is 6.92. The van der Waals surface area contributed by atoms with Crippen molar-refractivity contribution in [3.63, 3.8) is 0 Å². The quantitative estimate of drug-likeness (QED) is 0.604. The molecule has 0 aliphatic carbocycles. The van der Waals surface area contributed by atoms with Crippen LogP contribution in [0.15, 0.2) is 23.0 Å². The van der Waals surface area contributed by atoms with E-state index in [4.69, 9.17) is 9.68 Å². The second-order valence-electron chi connectivity index (χ2n) is 2.15. The highest BCUT2D eigenvalue weighted by Gasteiger charge is 2.01. The summed E-state index contributed by atoms with van der Waals surface area (Å²) in [6.45, 7) is 0. The molecule has 4 heteroatoms. The van der Waals surface area contributed by atoms with Gasteiger partial charge in [0.15, 0.2) is 0 Å². The molecule has 0 aliphatic heterocycles. The van der Waals surface area contributed by atoms with Crippen LogP contribution in [-0.2, 0) is 6.42 Å². The highest BCUT2D eigenvalue weighted by Crippen LogP contribution is 2.07. The van der Waals surface area contributed by atoms with E-state index >= 15 is 0 Å². The number of nitriles is 1. The lowest BCUT2D eigenvalue weighted by Crippen LogP contribution is -1.74. The molecule has 11 heavy (non-hydrogen) atoms. The summed E-state index contributed by atoms with van der Waals surface area (Å²) in [7, 11) is 0. The molecule has 0 aromatic carbocycles. The van der Waals surface area contributed by atoms with Gasteiger partial charge in [0, 0.05) is 12.4 Å². The molecule has 0 spiro atoms. The average molecular weight is 147 g/mol. The molecule has 0 atom stereocenters. The van der Waals surface area contributed by atoms with Gasteiger partial charge >= 0.3 is 5.84 Å². The third-order valence-corrected chi connectivity index (χ3v) is 1.39. The number of aromatic nitrogens is 2. The number of rotatable bonds is 1. The van der Waals surface area contributed by atoms with E-state index in [9.17, 15) is 0 Å². The summed E-state index contributed by atoms with van der Waals surface area (Å²) in [5.74, 6) is 1.19. The normalized spacial score (nSPS) is 10.1. The summed E-state index contributed by atoms with van der Waals surface area (Å²) in [5.41, 5.74) is 0. The molecule has 0 saturated heterocycles. The van der Waals surface area contributed by atoms with Crippen molar-refractivity contribution in [2.75, 3.05) is 0 Å². The maximum absolute atomic E-state index is 8.34. The van der Waals surface area contributed by atoms with Crippen LogP contribution in [-0.4, -0.2) is 9.38 Å². The van der Waals surface area contributed by atoms with Crippen LogP contribution in [0.5, 0.6) is 0 Å². The first-order valence-electron chi connectivity index (χ1n) is 3.18. The predicted octanol–water partition coefficient (Wildman–Crippen LogP) is 0.993. The minimum Gasteiger partial charge on any atom is -0.427 e. The summed E-state index contributed by atoms with van der Waals surface area (Å²) >= 11 is 0. The Hall–Kier alpha value is -1.76. The molecule has 0 amide bonds. The second-order valence-corrected chi connectivity index (χ2v) is 2.15. The molecule has 2 aromatic heterocycles. The summed E-state index contributed by atoms with van der Waals surface area (Å²) in [5, 5.41) is 8.34. The number of fused-ring (bicyclic) bond motifs is 1. The van der Waals surface area contributed by atoms with Gasteiger partial charge in [0.05, 0.1) is 18.7 Å². The third kappa shape index (κ3) is 0.867. The minimum absolute atomic E-state index is 0.295. The van der Waals surface area contributed by atoms with Gasteiger partial charge in [-0.05, 0) is 0 Å². The van der Waals surface area contributed by atoms with Crippen molar-refractivity contribution in [3.05, 3.63) is 24.4 Å². The smallest absolute Gasteiger partial charge is 0.305 e. The topological polar surface area (TPSA) is 54.2 Å². The number of hydrogen-bond acceptors (Lipinski definition) is 3. The lowest BCUT2D eigenvalue weighted by Gasteiger charge is -1.77. The van der Waals surface area contributed by atoms with Crippen molar-refractivity contribution < 1.29 is 4.42 Å². The fourth-order valence-electron chi connectivity index (χ4n) is 0.935. The maximum Gasteiger partial charge on any atom is 0.305 e. The van der Waals surface area contributed by atoms with E-state index in [2.05, 4.69) is 4.98 Å². The van der Waals surface area contributed by atoms with Crippen LogP contribution in [0.3, 0.4) is 0 Å². The van der Waals surface area contributed by atoms with Gasteiger partial charge in [0.25, 0.3) is 0 Å². The number of nitrogens with zero attached hydrogens (tertiary/aromatic N) is 3. The SMILES string of the molecule is N#CCc1cn2ccnc2o1. The average Bonchev–Trinajstić information content (AvgIpc) is 2.46. The Kier molecular flexibility index (Phi) is 1.16. The fourth-order valence-corrected chi connectivity index (χ4v) is 0.935. The van der Waals surface area contributed by atoms with Crippen LogP contribution in [0, 0.1) is 11.3 Å². The first-order chi connectivity index (χ1) is 5.40. The Morgan fingerprint density at radius 3 is 3.36 bits per heavy atom. The minimum atomic E-state index is 0.295. The van der Waals surface area contributed by atoms with E-state index in [1.165, 1.54) is 0 Å². The van der Waals surface area contributed by atoms with Crippen LogP contribution in [0.1, 0.15) is 5.76 Å². The number of oxazole rings is 1. The highest BCUT2D eigenvalue weighted by molar-refractivity contribution is 5.25. The third-order valence-electron chi connectivity index (χ3n) is 1.39. The monoisotopic (exact) mass is 147 g/mol. The Bertz CT molecular complexity index is 378. The Balaban J connectivity index is 2.52. The molecular weight excluding hydrogens is 142 g/mol.